The number of amides is 2. The van der Waals surface area contributed by atoms with Crippen molar-refractivity contribution in [2.75, 3.05) is 11.9 Å². The summed E-state index contributed by atoms with van der Waals surface area (Å²) in [6.45, 7) is 4.79. The number of hydrogen-bond acceptors (Lipinski definition) is 6. The number of aliphatic carboxylic acids is 1. The molecule has 236 valence electrons. The zero-order valence-corrected chi connectivity index (χ0v) is 25.6. The van der Waals surface area contributed by atoms with Crippen molar-refractivity contribution in [2.45, 2.75) is 153 Å². The van der Waals surface area contributed by atoms with E-state index in [2.05, 4.69) is 17.6 Å². The van der Waals surface area contributed by atoms with Crippen LogP contribution >= 0.6 is 0 Å². The Bertz CT molecular complexity index is 966. The summed E-state index contributed by atoms with van der Waals surface area (Å²) < 4.78 is 25.8. The molecule has 2 aliphatic heterocycles. The standard InChI is InChI=1S/C33H52N2O7/c1-3-4-5-6-7-8-9-10-11-15-22-39-29-28(40-31-30(29)41-33(42-31)20-13-12-14-21-33)24(2)34-32(38)35-26-18-16-25(17-19-26)23-27(36)37/h16-19,24,28-31H,3-15,20-23H2,1-2H3,(H,36,37)(H2,34,35,38)/t24-,28+,29-,30+,31+/m0/s1. The van der Waals surface area contributed by atoms with Gasteiger partial charge in [-0.2, -0.15) is 0 Å². The molecule has 0 aromatic heterocycles. The van der Waals surface area contributed by atoms with Crippen molar-refractivity contribution in [1.29, 1.82) is 0 Å². The molecule has 2 saturated heterocycles. The van der Waals surface area contributed by atoms with Crippen LogP contribution in [0.3, 0.4) is 0 Å². The molecule has 1 aliphatic carbocycles. The average molecular weight is 589 g/mol. The number of benzene rings is 1. The Hall–Kier alpha value is -2.20. The molecular weight excluding hydrogens is 536 g/mol. The van der Waals surface area contributed by atoms with E-state index in [0.717, 1.165) is 38.5 Å². The first-order valence-electron chi connectivity index (χ1n) is 16.4. The van der Waals surface area contributed by atoms with Crippen LogP contribution in [0, 0.1) is 0 Å². The second-order valence-electron chi connectivity index (χ2n) is 12.3. The number of rotatable bonds is 17. The van der Waals surface area contributed by atoms with Crippen molar-refractivity contribution in [3.05, 3.63) is 29.8 Å². The fourth-order valence-electron chi connectivity index (χ4n) is 6.42. The number of carboxylic acids is 1. The minimum atomic E-state index is -0.893. The second-order valence-corrected chi connectivity index (χ2v) is 12.3. The van der Waals surface area contributed by atoms with E-state index in [-0.39, 0.29) is 30.7 Å². The Kier molecular flexibility index (Phi) is 12.9. The van der Waals surface area contributed by atoms with Gasteiger partial charge in [-0.05, 0) is 43.9 Å². The topological polar surface area (TPSA) is 115 Å². The molecular formula is C33H52N2O7. The molecule has 3 fully saturated rings. The molecule has 0 radical (unpaired) electrons. The summed E-state index contributed by atoms with van der Waals surface area (Å²) in [4.78, 5) is 23.7. The molecule has 0 bridgehead atoms. The molecule has 9 heteroatoms. The zero-order valence-electron chi connectivity index (χ0n) is 25.6. The highest BCUT2D eigenvalue weighted by atomic mass is 16.8. The Morgan fingerprint density at radius 1 is 0.952 bits per heavy atom. The molecule has 2 amide bonds. The van der Waals surface area contributed by atoms with Crippen molar-refractivity contribution in [1.82, 2.24) is 5.32 Å². The molecule has 3 N–H and O–H groups in total. The lowest BCUT2D eigenvalue weighted by Gasteiger charge is -2.35. The Balaban J connectivity index is 1.25. The van der Waals surface area contributed by atoms with Gasteiger partial charge in [0.1, 0.15) is 18.3 Å². The molecule has 5 atom stereocenters. The highest BCUT2D eigenvalue weighted by Crippen LogP contribution is 2.46. The van der Waals surface area contributed by atoms with Gasteiger partial charge in [-0.15, -0.1) is 0 Å². The smallest absolute Gasteiger partial charge is 0.319 e. The monoisotopic (exact) mass is 588 g/mol. The molecule has 4 rings (SSSR count). The van der Waals surface area contributed by atoms with Crippen molar-refractivity contribution in [3.63, 3.8) is 0 Å². The number of urea groups is 1. The highest BCUT2D eigenvalue weighted by molar-refractivity contribution is 5.89. The molecule has 0 unspecified atom stereocenters. The minimum Gasteiger partial charge on any atom is -0.481 e. The molecule has 2 heterocycles. The summed E-state index contributed by atoms with van der Waals surface area (Å²) in [6, 6.07) is 6.07. The van der Waals surface area contributed by atoms with Gasteiger partial charge >= 0.3 is 12.0 Å². The molecule has 1 aromatic rings. The van der Waals surface area contributed by atoms with E-state index in [1.165, 1.54) is 57.8 Å². The third-order valence-corrected chi connectivity index (χ3v) is 8.73. The summed E-state index contributed by atoms with van der Waals surface area (Å²) in [5.74, 6) is -1.46. The second kappa shape index (κ2) is 16.6. The Labute approximate surface area is 251 Å². The van der Waals surface area contributed by atoms with Crippen LogP contribution in [0.1, 0.15) is 116 Å². The molecule has 3 aliphatic rings. The van der Waals surface area contributed by atoms with E-state index in [1.807, 2.05) is 6.92 Å². The van der Waals surface area contributed by atoms with Crippen LogP contribution in [0.15, 0.2) is 24.3 Å². The van der Waals surface area contributed by atoms with E-state index in [1.54, 1.807) is 24.3 Å². The number of nitrogens with one attached hydrogen (secondary N) is 2. The molecule has 9 nitrogen and oxygen atoms in total. The maximum atomic E-state index is 12.8. The number of hydrogen-bond donors (Lipinski definition) is 3. The van der Waals surface area contributed by atoms with Gasteiger partial charge in [0, 0.05) is 25.1 Å². The van der Waals surface area contributed by atoms with Crippen molar-refractivity contribution < 1.29 is 33.6 Å². The van der Waals surface area contributed by atoms with Crippen LogP contribution in [-0.4, -0.2) is 60.1 Å². The Morgan fingerprint density at radius 2 is 1.60 bits per heavy atom. The van der Waals surface area contributed by atoms with Crippen LogP contribution < -0.4 is 10.6 Å². The molecule has 1 aromatic carbocycles. The number of carbonyl (C=O) groups is 2. The fraction of sp³-hybridized carbons (Fsp3) is 0.758. The summed E-state index contributed by atoms with van der Waals surface area (Å²) >= 11 is 0. The van der Waals surface area contributed by atoms with E-state index < -0.39 is 24.2 Å². The van der Waals surface area contributed by atoms with Crippen LogP contribution in [-0.2, 0) is 30.2 Å². The number of carbonyl (C=O) groups excluding carboxylic acids is 1. The largest absolute Gasteiger partial charge is 0.481 e. The molecule has 1 saturated carbocycles. The van der Waals surface area contributed by atoms with Gasteiger partial charge in [0.2, 0.25) is 0 Å². The average Bonchev–Trinajstić information content (AvgIpc) is 3.47. The van der Waals surface area contributed by atoms with Crippen LogP contribution in [0.5, 0.6) is 0 Å². The van der Waals surface area contributed by atoms with E-state index >= 15 is 0 Å². The quantitative estimate of drug-likeness (QED) is 0.169. The van der Waals surface area contributed by atoms with Gasteiger partial charge in [0.05, 0.1) is 12.5 Å². The van der Waals surface area contributed by atoms with Gasteiger partial charge in [0.25, 0.3) is 0 Å². The number of anilines is 1. The van der Waals surface area contributed by atoms with Crippen molar-refractivity contribution in [3.8, 4) is 0 Å². The lowest BCUT2D eigenvalue weighted by molar-refractivity contribution is -0.250. The van der Waals surface area contributed by atoms with Gasteiger partial charge < -0.3 is 34.7 Å². The predicted molar refractivity (Wildman–Crippen MR) is 161 cm³/mol. The molecule has 42 heavy (non-hydrogen) atoms. The fourth-order valence-corrected chi connectivity index (χ4v) is 6.42. The normalized spacial score (nSPS) is 25.3. The summed E-state index contributed by atoms with van der Waals surface area (Å²) in [5, 5.41) is 14.8. The number of carboxylic acid groups (broad SMARTS) is 1. The summed E-state index contributed by atoms with van der Waals surface area (Å²) in [7, 11) is 0. The zero-order chi connectivity index (χ0) is 29.8. The first kappa shape index (κ1) is 32.7. The maximum absolute atomic E-state index is 12.8. The minimum absolute atomic E-state index is 0.0587. The SMILES string of the molecule is CCCCCCCCCCCCO[C@@H]1[C@H]2OC3(CCCCC3)O[C@H]2O[C@@H]1[C@H](C)NC(=O)Nc1ccc(CC(=O)O)cc1. The van der Waals surface area contributed by atoms with Gasteiger partial charge in [-0.3, -0.25) is 4.79 Å². The van der Waals surface area contributed by atoms with Gasteiger partial charge in [0.15, 0.2) is 12.1 Å². The van der Waals surface area contributed by atoms with E-state index in [9.17, 15) is 9.59 Å². The van der Waals surface area contributed by atoms with Crippen molar-refractivity contribution in [2.24, 2.45) is 0 Å². The maximum Gasteiger partial charge on any atom is 0.319 e. The van der Waals surface area contributed by atoms with Gasteiger partial charge in [-0.1, -0.05) is 83.3 Å². The highest BCUT2D eigenvalue weighted by Gasteiger charge is 2.59. The summed E-state index contributed by atoms with van der Waals surface area (Å²) in [6.07, 6.45) is 16.2. The van der Waals surface area contributed by atoms with E-state index in [0.29, 0.717) is 17.9 Å². The Morgan fingerprint density at radius 3 is 2.24 bits per heavy atom. The van der Waals surface area contributed by atoms with E-state index in [4.69, 9.17) is 24.1 Å². The number of ether oxygens (including phenoxy) is 4. The third-order valence-electron chi connectivity index (χ3n) is 8.73. The third kappa shape index (κ3) is 9.66. The summed E-state index contributed by atoms with van der Waals surface area (Å²) in [5.41, 5.74) is 1.25. The lowest BCUT2D eigenvalue weighted by atomic mass is 9.94. The predicted octanol–water partition coefficient (Wildman–Crippen LogP) is 6.93. The van der Waals surface area contributed by atoms with Gasteiger partial charge in [-0.25, -0.2) is 4.79 Å². The van der Waals surface area contributed by atoms with Crippen LogP contribution in [0.2, 0.25) is 0 Å². The molecule has 1 spiro atoms. The van der Waals surface area contributed by atoms with Crippen LogP contribution in [0.25, 0.3) is 0 Å². The number of fused-ring (bicyclic) bond motifs is 1. The number of unbranched alkanes of at least 4 members (excludes halogenated alkanes) is 9. The van der Waals surface area contributed by atoms with Crippen molar-refractivity contribution >= 4 is 17.7 Å². The first-order chi connectivity index (χ1) is 20.4. The first-order valence-corrected chi connectivity index (χ1v) is 16.4. The van der Waals surface area contributed by atoms with Crippen LogP contribution in [0.4, 0.5) is 10.5 Å². The lowest BCUT2D eigenvalue weighted by Crippen LogP contribution is -2.50.